The number of benzene rings is 2. The molecular weight excluding hydrogens is 322 g/mol. The molecule has 2 aromatic rings. The molecule has 0 aromatic heterocycles. The molecule has 1 aliphatic rings. The number of fused-ring (bicyclic) bond motifs is 1. The van der Waals surface area contributed by atoms with Gasteiger partial charge < -0.3 is 5.73 Å². The van der Waals surface area contributed by atoms with E-state index in [1.807, 2.05) is 0 Å². The van der Waals surface area contributed by atoms with Crippen LogP contribution in [0.15, 0.2) is 46.9 Å². The van der Waals surface area contributed by atoms with Crippen LogP contribution in [0.4, 0.5) is 0 Å². The van der Waals surface area contributed by atoms with E-state index in [1.165, 1.54) is 46.0 Å². The second kappa shape index (κ2) is 6.33. The minimum absolute atomic E-state index is 0.0930. The van der Waals surface area contributed by atoms with E-state index in [1.54, 1.807) is 0 Å². The Kier molecular flexibility index (Phi) is 4.46. The molecule has 1 nitrogen and oxygen atoms in total. The van der Waals surface area contributed by atoms with Gasteiger partial charge in [0, 0.05) is 10.5 Å². The van der Waals surface area contributed by atoms with Gasteiger partial charge in [0.05, 0.1) is 0 Å². The summed E-state index contributed by atoms with van der Waals surface area (Å²) in [7, 11) is 0. The zero-order valence-corrected chi connectivity index (χ0v) is 14.1. The Bertz CT molecular complexity index is 635. The molecule has 2 unspecified atom stereocenters. The third-order valence-electron chi connectivity index (χ3n) is 4.65. The first-order valence-corrected chi connectivity index (χ1v) is 8.54. The number of hydrogen-bond acceptors (Lipinski definition) is 1. The van der Waals surface area contributed by atoms with Gasteiger partial charge in [-0.25, -0.2) is 0 Å². The van der Waals surface area contributed by atoms with Crippen LogP contribution in [-0.2, 0) is 6.42 Å². The molecule has 0 radical (unpaired) electrons. The van der Waals surface area contributed by atoms with Gasteiger partial charge in [0.15, 0.2) is 0 Å². The van der Waals surface area contributed by atoms with Crippen molar-refractivity contribution >= 4 is 15.9 Å². The lowest BCUT2D eigenvalue weighted by molar-refractivity contribution is 0.475. The van der Waals surface area contributed by atoms with Crippen molar-refractivity contribution in [1.82, 2.24) is 0 Å². The summed E-state index contributed by atoms with van der Waals surface area (Å²) >= 11 is 3.70. The van der Waals surface area contributed by atoms with Crippen molar-refractivity contribution in [3.05, 3.63) is 69.2 Å². The maximum atomic E-state index is 6.52. The maximum absolute atomic E-state index is 6.52. The molecule has 0 amide bonds. The summed E-state index contributed by atoms with van der Waals surface area (Å²) in [6.45, 7) is 2.12. The predicted octanol–water partition coefficient (Wildman–Crippen LogP) is 5.27. The van der Waals surface area contributed by atoms with Crippen LogP contribution < -0.4 is 5.73 Å². The number of hydrogen-bond donors (Lipinski definition) is 1. The van der Waals surface area contributed by atoms with Crippen molar-refractivity contribution in [2.45, 2.75) is 44.6 Å². The first-order chi connectivity index (χ1) is 10.2. The molecule has 2 aromatic carbocycles. The van der Waals surface area contributed by atoms with E-state index in [4.69, 9.17) is 5.73 Å². The standard InChI is InChI=1S/C19H22BrN/c1-13-6-4-11-17(19(13)20)18(21)12-15-9-5-8-14-7-2-3-10-16(14)15/h2-4,6-7,10-11,15,18H,5,8-9,12,21H2,1H3. The highest BCUT2D eigenvalue weighted by atomic mass is 79.9. The first kappa shape index (κ1) is 14.8. The van der Waals surface area contributed by atoms with Crippen LogP contribution in [0.5, 0.6) is 0 Å². The highest BCUT2D eigenvalue weighted by Gasteiger charge is 2.23. The van der Waals surface area contributed by atoms with Crippen molar-refractivity contribution in [2.75, 3.05) is 0 Å². The Labute approximate surface area is 135 Å². The van der Waals surface area contributed by atoms with Gasteiger partial charge in [0.25, 0.3) is 0 Å². The van der Waals surface area contributed by atoms with Gasteiger partial charge in [-0.3, -0.25) is 0 Å². The summed E-state index contributed by atoms with van der Waals surface area (Å²) in [6.07, 6.45) is 4.78. The van der Waals surface area contributed by atoms with Crippen LogP contribution in [0.1, 0.15) is 53.5 Å². The average Bonchev–Trinajstić information content (AvgIpc) is 2.50. The van der Waals surface area contributed by atoms with Crippen molar-refractivity contribution in [1.29, 1.82) is 0 Å². The second-order valence-electron chi connectivity index (χ2n) is 6.11. The number of nitrogens with two attached hydrogens (primary N) is 1. The number of aryl methyl sites for hydroxylation is 2. The molecule has 0 saturated carbocycles. The van der Waals surface area contributed by atoms with Crippen molar-refractivity contribution < 1.29 is 0 Å². The quantitative estimate of drug-likeness (QED) is 0.807. The van der Waals surface area contributed by atoms with Crippen LogP contribution in [0.2, 0.25) is 0 Å². The minimum Gasteiger partial charge on any atom is -0.324 e. The van der Waals surface area contributed by atoms with Crippen molar-refractivity contribution in [3.8, 4) is 0 Å². The molecule has 0 aliphatic heterocycles. The molecule has 110 valence electrons. The van der Waals surface area contributed by atoms with E-state index < -0.39 is 0 Å². The van der Waals surface area contributed by atoms with Crippen LogP contribution >= 0.6 is 15.9 Å². The van der Waals surface area contributed by atoms with Crippen LogP contribution in [0.3, 0.4) is 0 Å². The number of halogens is 1. The average molecular weight is 344 g/mol. The van der Waals surface area contributed by atoms with Crippen molar-refractivity contribution in [3.63, 3.8) is 0 Å². The van der Waals surface area contributed by atoms with Gasteiger partial charge in [-0.2, -0.15) is 0 Å². The molecule has 2 heteroatoms. The Morgan fingerprint density at radius 2 is 2.00 bits per heavy atom. The topological polar surface area (TPSA) is 26.0 Å². The van der Waals surface area contributed by atoms with Crippen LogP contribution in [0, 0.1) is 6.92 Å². The number of rotatable bonds is 3. The lowest BCUT2D eigenvalue weighted by atomic mass is 9.79. The van der Waals surface area contributed by atoms with Gasteiger partial charge in [-0.05, 0) is 60.8 Å². The molecular formula is C19H22BrN. The monoisotopic (exact) mass is 343 g/mol. The first-order valence-electron chi connectivity index (χ1n) is 7.75. The highest BCUT2D eigenvalue weighted by Crippen LogP contribution is 2.38. The van der Waals surface area contributed by atoms with E-state index in [0.29, 0.717) is 5.92 Å². The van der Waals surface area contributed by atoms with Gasteiger partial charge in [-0.15, -0.1) is 0 Å². The largest absolute Gasteiger partial charge is 0.324 e. The molecule has 2 atom stereocenters. The third-order valence-corrected chi connectivity index (χ3v) is 5.74. The summed E-state index contributed by atoms with van der Waals surface area (Å²) in [5, 5.41) is 0. The molecule has 21 heavy (non-hydrogen) atoms. The second-order valence-corrected chi connectivity index (χ2v) is 6.90. The van der Waals surface area contributed by atoms with Gasteiger partial charge in [0.2, 0.25) is 0 Å². The van der Waals surface area contributed by atoms with E-state index in [9.17, 15) is 0 Å². The van der Waals surface area contributed by atoms with E-state index in [-0.39, 0.29) is 6.04 Å². The smallest absolute Gasteiger partial charge is 0.0312 e. The third kappa shape index (κ3) is 3.07. The molecule has 0 heterocycles. The zero-order valence-electron chi connectivity index (χ0n) is 12.5. The fraction of sp³-hybridized carbons (Fsp3) is 0.368. The molecule has 2 N–H and O–H groups in total. The highest BCUT2D eigenvalue weighted by molar-refractivity contribution is 9.10. The Morgan fingerprint density at radius 1 is 1.19 bits per heavy atom. The van der Waals surface area contributed by atoms with E-state index in [2.05, 4.69) is 65.3 Å². The Morgan fingerprint density at radius 3 is 2.86 bits per heavy atom. The molecule has 0 bridgehead atoms. The fourth-order valence-electron chi connectivity index (χ4n) is 3.49. The Hall–Kier alpha value is -1.12. The fourth-order valence-corrected chi connectivity index (χ4v) is 4.05. The molecule has 0 saturated heterocycles. The molecule has 3 rings (SSSR count). The lowest BCUT2D eigenvalue weighted by Crippen LogP contribution is -2.18. The van der Waals surface area contributed by atoms with Gasteiger partial charge >= 0.3 is 0 Å². The SMILES string of the molecule is Cc1cccc(C(N)CC2CCCc3ccccc32)c1Br. The van der Waals surface area contributed by atoms with Crippen LogP contribution in [0.25, 0.3) is 0 Å². The predicted molar refractivity (Wildman–Crippen MR) is 92.5 cm³/mol. The van der Waals surface area contributed by atoms with E-state index >= 15 is 0 Å². The summed E-state index contributed by atoms with van der Waals surface area (Å²) in [5.41, 5.74) is 12.0. The summed E-state index contributed by atoms with van der Waals surface area (Å²) in [5.74, 6) is 0.595. The zero-order chi connectivity index (χ0) is 14.8. The normalized spacial score (nSPS) is 19.1. The van der Waals surface area contributed by atoms with E-state index in [0.717, 1.165) is 6.42 Å². The molecule has 0 spiro atoms. The minimum atomic E-state index is 0.0930. The van der Waals surface area contributed by atoms with Gasteiger partial charge in [-0.1, -0.05) is 58.4 Å². The summed E-state index contributed by atoms with van der Waals surface area (Å²) < 4.78 is 1.17. The lowest BCUT2D eigenvalue weighted by Gasteiger charge is -2.28. The van der Waals surface area contributed by atoms with Gasteiger partial charge in [0.1, 0.15) is 0 Å². The molecule has 1 aliphatic carbocycles. The summed E-state index contributed by atoms with van der Waals surface area (Å²) in [4.78, 5) is 0. The van der Waals surface area contributed by atoms with Crippen molar-refractivity contribution in [2.24, 2.45) is 5.73 Å². The maximum Gasteiger partial charge on any atom is 0.0312 e. The molecule has 0 fully saturated rings. The van der Waals surface area contributed by atoms with Crippen LogP contribution in [-0.4, -0.2) is 0 Å². The Balaban J connectivity index is 1.83. The summed E-state index contributed by atoms with van der Waals surface area (Å²) in [6, 6.07) is 15.3.